The predicted molar refractivity (Wildman–Crippen MR) is 123 cm³/mol. The Balaban J connectivity index is 1.65. The van der Waals surface area contributed by atoms with E-state index in [1.807, 2.05) is 0 Å². The summed E-state index contributed by atoms with van der Waals surface area (Å²) in [4.78, 5) is 37.0. The minimum atomic E-state index is -1.26. The zero-order chi connectivity index (χ0) is 22.8. The summed E-state index contributed by atoms with van der Waals surface area (Å²) >= 11 is 6.26. The van der Waals surface area contributed by atoms with Crippen LogP contribution in [0.2, 0.25) is 0 Å². The first-order valence-corrected chi connectivity index (χ1v) is 10.5. The predicted octanol–water partition coefficient (Wildman–Crippen LogP) is 4.88. The Labute approximate surface area is 191 Å². The number of amides is 1. The van der Waals surface area contributed by atoms with Gasteiger partial charge in [-0.2, -0.15) is 0 Å². The molecule has 160 valence electrons. The molecule has 4 rings (SSSR count). The van der Waals surface area contributed by atoms with Gasteiger partial charge in [-0.15, -0.1) is 0 Å². The molecule has 2 aromatic carbocycles. The van der Waals surface area contributed by atoms with E-state index in [0.29, 0.717) is 11.1 Å². The second-order valence-electron chi connectivity index (χ2n) is 6.68. The number of thioether (sulfide) groups is 1. The number of benzene rings is 2. The molecule has 1 aliphatic rings. The van der Waals surface area contributed by atoms with Crippen LogP contribution in [0.5, 0.6) is 0 Å². The maximum atomic E-state index is 13.0. The third kappa shape index (κ3) is 4.05. The van der Waals surface area contributed by atoms with Gasteiger partial charge in [-0.3, -0.25) is 19.8 Å². The first-order valence-electron chi connectivity index (χ1n) is 9.25. The fraction of sp³-hybridized carbons (Fsp3) is 0.0455. The summed E-state index contributed by atoms with van der Waals surface area (Å²) in [6, 6.07) is 16.4. The van der Waals surface area contributed by atoms with Gasteiger partial charge in [0.1, 0.15) is 15.8 Å². The number of thiocarbonyl (C=S) groups is 1. The summed E-state index contributed by atoms with van der Waals surface area (Å²) in [6.45, 7) is 0. The number of aliphatic carboxylic acids is 1. The molecule has 0 radical (unpaired) electrons. The number of nitrogens with zero attached hydrogens (tertiary/aromatic N) is 2. The van der Waals surface area contributed by atoms with E-state index in [0.717, 1.165) is 16.7 Å². The summed E-state index contributed by atoms with van der Waals surface area (Å²) in [7, 11) is 0. The molecule has 0 bridgehead atoms. The summed E-state index contributed by atoms with van der Waals surface area (Å²) < 4.78 is 5.82. The monoisotopic (exact) mass is 466 g/mol. The van der Waals surface area contributed by atoms with Crippen LogP contribution in [0.25, 0.3) is 17.4 Å². The molecule has 1 atom stereocenters. The maximum Gasteiger partial charge on any atom is 0.331 e. The number of rotatable bonds is 6. The lowest BCUT2D eigenvalue weighted by molar-refractivity contribution is -0.384. The number of nitro benzene ring substituents is 1. The number of furan rings is 1. The topological polar surface area (TPSA) is 114 Å². The summed E-state index contributed by atoms with van der Waals surface area (Å²) in [5.41, 5.74) is 0.626. The molecule has 0 saturated carbocycles. The number of hydrogen-bond donors (Lipinski definition) is 1. The third-order valence-corrected chi connectivity index (χ3v) is 6.03. The minimum Gasteiger partial charge on any atom is -0.479 e. The standard InChI is InChI=1S/C22H14N2O6S2/c25-20-18(32-22(31)23(20)19(21(26)27)13-6-2-1-3-7-13)12-14-10-11-17(30-14)15-8-4-5-9-16(15)24(28)29/h1-12,19H,(H,26,27)/b18-12-/t19-/m1/s1. The largest absolute Gasteiger partial charge is 0.479 e. The molecular weight excluding hydrogens is 452 g/mol. The van der Waals surface area contributed by atoms with Gasteiger partial charge < -0.3 is 9.52 Å². The highest BCUT2D eigenvalue weighted by atomic mass is 32.2. The van der Waals surface area contributed by atoms with E-state index in [4.69, 9.17) is 16.6 Å². The summed E-state index contributed by atoms with van der Waals surface area (Å²) in [6.07, 6.45) is 1.45. The minimum absolute atomic E-state index is 0.105. The molecule has 1 amide bonds. The molecule has 1 saturated heterocycles. The van der Waals surface area contributed by atoms with E-state index in [1.54, 1.807) is 60.7 Å². The van der Waals surface area contributed by atoms with Gasteiger partial charge in [0.2, 0.25) is 0 Å². The van der Waals surface area contributed by atoms with Crippen molar-refractivity contribution in [2.24, 2.45) is 0 Å². The van der Waals surface area contributed by atoms with Crippen molar-refractivity contribution in [2.75, 3.05) is 0 Å². The van der Waals surface area contributed by atoms with E-state index < -0.39 is 22.8 Å². The van der Waals surface area contributed by atoms with Gasteiger partial charge in [-0.25, -0.2) is 4.79 Å². The van der Waals surface area contributed by atoms with Crippen LogP contribution in [0.15, 0.2) is 76.1 Å². The van der Waals surface area contributed by atoms with Gasteiger partial charge >= 0.3 is 5.97 Å². The van der Waals surface area contributed by atoms with Crippen LogP contribution in [-0.2, 0) is 9.59 Å². The van der Waals surface area contributed by atoms with Crippen LogP contribution in [0.3, 0.4) is 0 Å². The molecule has 1 N–H and O–H groups in total. The van der Waals surface area contributed by atoms with Gasteiger partial charge in [-0.1, -0.05) is 66.4 Å². The summed E-state index contributed by atoms with van der Waals surface area (Å²) in [5, 5.41) is 21.0. The lowest BCUT2D eigenvalue weighted by Crippen LogP contribution is -2.37. The highest BCUT2D eigenvalue weighted by molar-refractivity contribution is 8.26. The first-order chi connectivity index (χ1) is 15.4. The van der Waals surface area contributed by atoms with Crippen molar-refractivity contribution >= 4 is 51.9 Å². The molecule has 8 nitrogen and oxygen atoms in total. The molecule has 0 aliphatic carbocycles. The number of carbonyl (C=O) groups excluding carboxylic acids is 1. The zero-order valence-electron chi connectivity index (χ0n) is 16.2. The number of carbonyl (C=O) groups is 2. The fourth-order valence-electron chi connectivity index (χ4n) is 3.29. The average molecular weight is 466 g/mol. The van der Waals surface area contributed by atoms with Crippen LogP contribution < -0.4 is 0 Å². The molecule has 0 unspecified atom stereocenters. The Bertz CT molecular complexity index is 1270. The molecule has 10 heteroatoms. The third-order valence-electron chi connectivity index (χ3n) is 4.70. The molecule has 1 aliphatic heterocycles. The summed E-state index contributed by atoms with van der Waals surface area (Å²) in [5.74, 6) is -1.21. The van der Waals surface area contributed by atoms with Crippen molar-refractivity contribution in [3.8, 4) is 11.3 Å². The Morgan fingerprint density at radius 3 is 2.50 bits per heavy atom. The molecule has 3 aromatic rings. The van der Waals surface area contributed by atoms with Crippen LogP contribution >= 0.6 is 24.0 Å². The highest BCUT2D eigenvalue weighted by Gasteiger charge is 2.41. The number of hydrogen-bond acceptors (Lipinski definition) is 7. The van der Waals surface area contributed by atoms with E-state index in [-0.39, 0.29) is 26.4 Å². The fourth-order valence-corrected chi connectivity index (χ4v) is 4.58. The highest BCUT2D eigenvalue weighted by Crippen LogP contribution is 2.39. The van der Waals surface area contributed by atoms with Crippen LogP contribution in [0.4, 0.5) is 5.69 Å². The SMILES string of the molecule is O=C(O)[C@@H](c1ccccc1)N1C(=O)/C(=C/c2ccc(-c3ccccc3[N+](=O)[O-])o2)SC1=S. The van der Waals surface area contributed by atoms with Crippen LogP contribution in [0.1, 0.15) is 17.4 Å². The van der Waals surface area contributed by atoms with Crippen molar-refractivity contribution < 1.29 is 24.0 Å². The number of carboxylic acid groups (broad SMARTS) is 1. The van der Waals surface area contributed by atoms with Crippen molar-refractivity contribution in [2.45, 2.75) is 6.04 Å². The van der Waals surface area contributed by atoms with Crippen molar-refractivity contribution in [1.82, 2.24) is 4.90 Å². The second kappa shape index (κ2) is 8.77. The maximum absolute atomic E-state index is 13.0. The molecule has 0 spiro atoms. The Morgan fingerprint density at radius 1 is 1.12 bits per heavy atom. The quantitative estimate of drug-likeness (QED) is 0.237. The van der Waals surface area contributed by atoms with E-state index in [1.165, 1.54) is 12.1 Å². The van der Waals surface area contributed by atoms with E-state index in [2.05, 4.69) is 0 Å². The van der Waals surface area contributed by atoms with Crippen LogP contribution in [0, 0.1) is 10.1 Å². The molecule has 1 fully saturated rings. The Hall–Kier alpha value is -3.76. The molecule has 1 aromatic heterocycles. The van der Waals surface area contributed by atoms with Crippen molar-refractivity contribution in [3.05, 3.63) is 93.1 Å². The van der Waals surface area contributed by atoms with Gasteiger partial charge in [0, 0.05) is 12.1 Å². The van der Waals surface area contributed by atoms with E-state index in [9.17, 15) is 24.8 Å². The number of carboxylic acids is 1. The second-order valence-corrected chi connectivity index (χ2v) is 8.36. The molecular formula is C22H14N2O6S2. The molecule has 32 heavy (non-hydrogen) atoms. The number of para-hydroxylation sites is 1. The number of nitro groups is 1. The van der Waals surface area contributed by atoms with Gasteiger partial charge in [0.15, 0.2) is 6.04 Å². The lowest BCUT2D eigenvalue weighted by atomic mass is 10.1. The zero-order valence-corrected chi connectivity index (χ0v) is 17.8. The van der Waals surface area contributed by atoms with Crippen molar-refractivity contribution in [3.63, 3.8) is 0 Å². The lowest BCUT2D eigenvalue weighted by Gasteiger charge is -2.23. The normalized spacial score (nSPS) is 15.9. The van der Waals surface area contributed by atoms with Gasteiger partial charge in [0.25, 0.3) is 11.6 Å². The van der Waals surface area contributed by atoms with Crippen LogP contribution in [-0.4, -0.2) is 31.1 Å². The Kier molecular flexibility index (Phi) is 5.89. The first kappa shape index (κ1) is 21.5. The average Bonchev–Trinajstić information content (AvgIpc) is 3.35. The smallest absolute Gasteiger partial charge is 0.331 e. The molecule has 2 heterocycles. The van der Waals surface area contributed by atoms with E-state index >= 15 is 0 Å². The van der Waals surface area contributed by atoms with Gasteiger partial charge in [0.05, 0.1) is 15.4 Å². The van der Waals surface area contributed by atoms with Crippen molar-refractivity contribution in [1.29, 1.82) is 0 Å². The Morgan fingerprint density at radius 2 is 1.81 bits per heavy atom. The van der Waals surface area contributed by atoms with Gasteiger partial charge in [-0.05, 0) is 23.8 Å².